The minimum absolute atomic E-state index is 0.0477. The Kier molecular flexibility index (Phi) is 6.69. The molecule has 0 saturated heterocycles. The van der Waals surface area contributed by atoms with Crippen molar-refractivity contribution in [1.29, 1.82) is 0 Å². The Hall–Kier alpha value is -1.43. The lowest BCUT2D eigenvalue weighted by atomic mass is 9.94. The molecule has 0 aromatic carbocycles. The van der Waals surface area contributed by atoms with Crippen molar-refractivity contribution in [2.45, 2.75) is 46.2 Å². The molecule has 0 aliphatic carbocycles. The number of hydrogen-bond donors (Lipinski definition) is 3. The minimum atomic E-state index is -0.885. The van der Waals surface area contributed by atoms with E-state index >= 15 is 0 Å². The van der Waals surface area contributed by atoms with Gasteiger partial charge in [0.05, 0.1) is 18.1 Å². The number of amides is 2. The van der Waals surface area contributed by atoms with E-state index in [2.05, 4.69) is 16.0 Å². The number of nitrogens with one attached hydrogen (secondary N) is 3. The van der Waals surface area contributed by atoms with E-state index in [0.29, 0.717) is 0 Å². The number of rotatable bonds is 7. The van der Waals surface area contributed by atoms with Crippen LogP contribution in [0.5, 0.6) is 0 Å². The molecule has 0 unspecified atom stereocenters. The van der Waals surface area contributed by atoms with Crippen LogP contribution < -0.4 is 16.0 Å². The normalized spacial score (nSPS) is 13.0. The van der Waals surface area contributed by atoms with Crippen molar-refractivity contribution in [2.75, 3.05) is 13.6 Å². The quantitative estimate of drug-likeness (QED) is 0.600. The van der Waals surface area contributed by atoms with Gasteiger partial charge in [0, 0.05) is 14.0 Å². The fourth-order valence-electron chi connectivity index (χ4n) is 1.59. The zero-order chi connectivity index (χ0) is 15.2. The molecule has 0 radical (unpaired) electrons. The van der Waals surface area contributed by atoms with Gasteiger partial charge in [-0.15, -0.1) is 0 Å². The Morgan fingerprint density at radius 1 is 1.16 bits per heavy atom. The van der Waals surface area contributed by atoms with Crippen LogP contribution in [-0.4, -0.2) is 42.8 Å². The smallest absolute Gasteiger partial charge is 0.237 e. The number of carbonyl (C=O) groups excluding carboxylic acids is 3. The third-order valence-electron chi connectivity index (χ3n) is 2.91. The van der Waals surface area contributed by atoms with Gasteiger partial charge in [-0.2, -0.15) is 0 Å². The van der Waals surface area contributed by atoms with E-state index in [-0.39, 0.29) is 30.1 Å². The van der Waals surface area contributed by atoms with Crippen molar-refractivity contribution in [3.63, 3.8) is 0 Å². The second-order valence-electron chi connectivity index (χ2n) is 5.44. The first-order chi connectivity index (χ1) is 8.61. The number of ketones is 1. The lowest BCUT2D eigenvalue weighted by Crippen LogP contribution is -2.59. The Morgan fingerprint density at radius 2 is 1.68 bits per heavy atom. The molecule has 0 saturated carbocycles. The van der Waals surface area contributed by atoms with E-state index < -0.39 is 11.6 Å². The van der Waals surface area contributed by atoms with E-state index in [9.17, 15) is 14.4 Å². The van der Waals surface area contributed by atoms with Crippen molar-refractivity contribution < 1.29 is 14.4 Å². The van der Waals surface area contributed by atoms with Crippen LogP contribution in [0, 0.1) is 5.92 Å². The Morgan fingerprint density at radius 3 is 2.05 bits per heavy atom. The highest BCUT2D eigenvalue weighted by molar-refractivity contribution is 5.92. The SMILES string of the molecule is CNC(=O)[C@@H](NC(C)(C)C(=O)CNC(C)=O)C(C)C. The van der Waals surface area contributed by atoms with E-state index in [0.717, 1.165) is 0 Å². The molecule has 110 valence electrons. The Labute approximate surface area is 114 Å². The topological polar surface area (TPSA) is 87.3 Å². The van der Waals surface area contributed by atoms with Gasteiger partial charge in [0.2, 0.25) is 11.8 Å². The van der Waals surface area contributed by atoms with Crippen LogP contribution in [0.15, 0.2) is 0 Å². The summed E-state index contributed by atoms with van der Waals surface area (Å²) in [4.78, 5) is 34.6. The molecule has 0 aromatic heterocycles. The molecule has 19 heavy (non-hydrogen) atoms. The van der Waals surface area contributed by atoms with Crippen LogP contribution in [0.1, 0.15) is 34.6 Å². The average Bonchev–Trinajstić information content (AvgIpc) is 2.31. The Balaban J connectivity index is 4.75. The molecule has 2 amide bonds. The van der Waals surface area contributed by atoms with E-state index in [1.54, 1.807) is 20.9 Å². The van der Waals surface area contributed by atoms with E-state index in [4.69, 9.17) is 0 Å². The lowest BCUT2D eigenvalue weighted by molar-refractivity contribution is -0.129. The monoisotopic (exact) mass is 271 g/mol. The molecule has 0 aromatic rings. The van der Waals surface area contributed by atoms with Crippen molar-refractivity contribution in [3.05, 3.63) is 0 Å². The molecule has 0 rings (SSSR count). The maximum absolute atomic E-state index is 12.0. The molecule has 6 heteroatoms. The van der Waals surface area contributed by atoms with Crippen molar-refractivity contribution >= 4 is 17.6 Å². The summed E-state index contributed by atoms with van der Waals surface area (Å²) < 4.78 is 0. The summed E-state index contributed by atoms with van der Waals surface area (Å²) in [6, 6.07) is -0.457. The van der Waals surface area contributed by atoms with Gasteiger partial charge in [-0.3, -0.25) is 19.7 Å². The van der Waals surface area contributed by atoms with Crippen LogP contribution in [-0.2, 0) is 14.4 Å². The fourth-order valence-corrected chi connectivity index (χ4v) is 1.59. The molecular weight excluding hydrogens is 246 g/mol. The summed E-state index contributed by atoms with van der Waals surface area (Å²) in [5.74, 6) is -0.531. The summed E-state index contributed by atoms with van der Waals surface area (Å²) in [5, 5.41) is 8.10. The predicted octanol–water partition coefficient (Wildman–Crippen LogP) is -0.170. The second kappa shape index (κ2) is 7.23. The molecule has 1 atom stereocenters. The average molecular weight is 271 g/mol. The van der Waals surface area contributed by atoms with Crippen LogP contribution in [0.25, 0.3) is 0 Å². The van der Waals surface area contributed by atoms with E-state index in [1.807, 2.05) is 13.8 Å². The van der Waals surface area contributed by atoms with Gasteiger partial charge in [0.15, 0.2) is 5.78 Å². The highest BCUT2D eigenvalue weighted by Gasteiger charge is 2.33. The standard InChI is InChI=1S/C13H25N3O3/c1-8(2)11(12(19)14-6)16-13(4,5)10(18)7-15-9(3)17/h8,11,16H,7H2,1-6H3,(H,14,19)(H,15,17)/t11-/m0/s1. The fraction of sp³-hybridized carbons (Fsp3) is 0.769. The molecular formula is C13H25N3O3. The third kappa shape index (κ3) is 5.83. The van der Waals surface area contributed by atoms with Gasteiger partial charge >= 0.3 is 0 Å². The zero-order valence-electron chi connectivity index (χ0n) is 12.6. The minimum Gasteiger partial charge on any atom is -0.358 e. The number of Topliss-reactive ketones (excluding diaryl/α,β-unsaturated/α-hetero) is 1. The molecule has 0 bridgehead atoms. The van der Waals surface area contributed by atoms with E-state index in [1.165, 1.54) is 6.92 Å². The number of hydrogen-bond acceptors (Lipinski definition) is 4. The summed E-state index contributed by atoms with van der Waals surface area (Å²) in [7, 11) is 1.56. The van der Waals surface area contributed by atoms with Gasteiger partial charge in [0.25, 0.3) is 0 Å². The molecule has 0 spiro atoms. The van der Waals surface area contributed by atoms with Gasteiger partial charge in [0.1, 0.15) is 0 Å². The van der Waals surface area contributed by atoms with Crippen LogP contribution >= 0.6 is 0 Å². The first-order valence-electron chi connectivity index (χ1n) is 6.38. The summed E-state index contributed by atoms with van der Waals surface area (Å²) in [5.41, 5.74) is -0.885. The summed E-state index contributed by atoms with van der Waals surface area (Å²) >= 11 is 0. The van der Waals surface area contributed by atoms with Gasteiger partial charge < -0.3 is 10.6 Å². The molecule has 0 aliphatic heterocycles. The van der Waals surface area contributed by atoms with Crippen LogP contribution in [0.4, 0.5) is 0 Å². The maximum atomic E-state index is 12.0. The zero-order valence-corrected chi connectivity index (χ0v) is 12.6. The summed E-state index contributed by atoms with van der Waals surface area (Å²) in [6.45, 7) is 8.52. The number of carbonyl (C=O) groups is 3. The van der Waals surface area contributed by atoms with Crippen molar-refractivity contribution in [3.8, 4) is 0 Å². The molecule has 3 N–H and O–H groups in total. The van der Waals surface area contributed by atoms with Gasteiger partial charge in [-0.05, 0) is 19.8 Å². The summed E-state index contributed by atoms with van der Waals surface area (Å²) in [6.07, 6.45) is 0. The second-order valence-corrected chi connectivity index (χ2v) is 5.44. The van der Waals surface area contributed by atoms with Gasteiger partial charge in [-0.1, -0.05) is 13.8 Å². The highest BCUT2D eigenvalue weighted by Crippen LogP contribution is 2.10. The molecule has 0 fully saturated rings. The van der Waals surface area contributed by atoms with Crippen LogP contribution in [0.2, 0.25) is 0 Å². The predicted molar refractivity (Wildman–Crippen MR) is 73.6 cm³/mol. The maximum Gasteiger partial charge on any atom is 0.237 e. The van der Waals surface area contributed by atoms with Crippen molar-refractivity contribution in [1.82, 2.24) is 16.0 Å². The van der Waals surface area contributed by atoms with Gasteiger partial charge in [-0.25, -0.2) is 0 Å². The Bertz CT molecular complexity index is 351. The highest BCUT2D eigenvalue weighted by atomic mass is 16.2. The molecule has 6 nitrogen and oxygen atoms in total. The largest absolute Gasteiger partial charge is 0.358 e. The number of likely N-dealkylation sites (N-methyl/N-ethyl adjacent to an activating group) is 1. The lowest BCUT2D eigenvalue weighted by Gasteiger charge is -2.31. The third-order valence-corrected chi connectivity index (χ3v) is 2.91. The molecule has 0 aliphatic rings. The van der Waals surface area contributed by atoms with Crippen molar-refractivity contribution in [2.24, 2.45) is 5.92 Å². The van der Waals surface area contributed by atoms with Crippen LogP contribution in [0.3, 0.4) is 0 Å². The molecule has 0 heterocycles. The first kappa shape index (κ1) is 17.6. The first-order valence-corrected chi connectivity index (χ1v) is 6.38.